The van der Waals surface area contributed by atoms with Crippen LogP contribution in [0.3, 0.4) is 0 Å². The molecule has 0 amide bonds. The number of methoxy groups -OCH3 is 1. The summed E-state index contributed by atoms with van der Waals surface area (Å²) in [5, 5.41) is 3.66. The van der Waals surface area contributed by atoms with Crippen LogP contribution in [0.25, 0.3) is 0 Å². The van der Waals surface area contributed by atoms with Gasteiger partial charge in [0.15, 0.2) is 0 Å². The molecule has 17 heavy (non-hydrogen) atoms. The molecule has 1 aromatic heterocycles. The molecule has 0 unspecified atom stereocenters. The van der Waals surface area contributed by atoms with Gasteiger partial charge in [0.25, 0.3) is 0 Å². The molecule has 0 aliphatic heterocycles. The number of ether oxygens (including phenoxy) is 1. The highest BCUT2D eigenvalue weighted by molar-refractivity contribution is 6.32. The lowest BCUT2D eigenvalue weighted by Crippen LogP contribution is -2.25. The number of anilines is 2. The smallest absolute Gasteiger partial charge is 0.222 e. The zero-order valence-electron chi connectivity index (χ0n) is 10.5. The predicted octanol–water partition coefficient (Wildman–Crippen LogP) is 2.19. The van der Waals surface area contributed by atoms with E-state index in [-0.39, 0.29) is 11.4 Å². The molecule has 0 aromatic carbocycles. The summed E-state index contributed by atoms with van der Waals surface area (Å²) in [5.74, 6) is 0.788. The Morgan fingerprint density at radius 2 is 2.24 bits per heavy atom. The maximum atomic E-state index is 5.96. The summed E-state index contributed by atoms with van der Waals surface area (Å²) in [6.07, 6.45) is 2.45. The summed E-state index contributed by atoms with van der Waals surface area (Å²) in [7, 11) is 1.70. The number of hydrogen-bond acceptors (Lipinski definition) is 5. The Balaban J connectivity index is 2.57. The molecule has 0 saturated carbocycles. The molecule has 0 atom stereocenters. The number of nitrogens with one attached hydrogen (secondary N) is 1. The van der Waals surface area contributed by atoms with Gasteiger partial charge in [-0.15, -0.1) is 0 Å². The third-order valence-corrected chi connectivity index (χ3v) is 2.76. The van der Waals surface area contributed by atoms with Crippen LogP contribution in [0.2, 0.25) is 5.02 Å². The average molecular weight is 259 g/mol. The molecule has 0 aliphatic rings. The van der Waals surface area contributed by atoms with Crippen molar-refractivity contribution in [2.75, 3.05) is 31.3 Å². The van der Waals surface area contributed by atoms with Gasteiger partial charge in [-0.05, 0) is 11.8 Å². The summed E-state index contributed by atoms with van der Waals surface area (Å²) in [5.41, 5.74) is 5.60. The van der Waals surface area contributed by atoms with E-state index in [9.17, 15) is 0 Å². The van der Waals surface area contributed by atoms with Gasteiger partial charge >= 0.3 is 0 Å². The van der Waals surface area contributed by atoms with Crippen LogP contribution in [-0.2, 0) is 4.74 Å². The highest BCUT2D eigenvalue weighted by Gasteiger charge is 2.18. The van der Waals surface area contributed by atoms with Crippen molar-refractivity contribution in [3.8, 4) is 0 Å². The Hall–Kier alpha value is -1.07. The molecular formula is C11H19ClN4O. The van der Waals surface area contributed by atoms with Crippen LogP contribution < -0.4 is 11.1 Å². The zero-order chi connectivity index (χ0) is 12.9. The highest BCUT2D eigenvalue weighted by Crippen LogP contribution is 2.24. The molecule has 0 radical (unpaired) electrons. The second-order valence-electron chi connectivity index (χ2n) is 4.69. The maximum Gasteiger partial charge on any atom is 0.222 e. The van der Waals surface area contributed by atoms with Crippen molar-refractivity contribution in [2.45, 2.75) is 20.3 Å². The average Bonchev–Trinajstić information content (AvgIpc) is 2.28. The Kier molecular flexibility index (Phi) is 4.96. The quantitative estimate of drug-likeness (QED) is 0.818. The number of nitrogens with two attached hydrogens (primary N) is 1. The van der Waals surface area contributed by atoms with Gasteiger partial charge in [0.05, 0.1) is 6.20 Å². The lowest BCUT2D eigenvalue weighted by atomic mass is 9.90. The number of nitrogen functional groups attached to an aromatic ring is 1. The Labute approximate surface area is 107 Å². The molecule has 3 N–H and O–H groups in total. The van der Waals surface area contributed by atoms with Gasteiger partial charge in [0.1, 0.15) is 10.8 Å². The minimum atomic E-state index is 0.0963. The Morgan fingerprint density at radius 3 is 2.88 bits per heavy atom. The van der Waals surface area contributed by atoms with Crippen molar-refractivity contribution in [3.05, 3.63) is 11.2 Å². The minimum absolute atomic E-state index is 0.0963. The third kappa shape index (κ3) is 4.75. The largest absolute Gasteiger partial charge is 0.385 e. The van der Waals surface area contributed by atoms with E-state index in [1.54, 1.807) is 7.11 Å². The van der Waals surface area contributed by atoms with Crippen LogP contribution in [0.1, 0.15) is 20.3 Å². The molecule has 0 fully saturated rings. The summed E-state index contributed by atoms with van der Waals surface area (Å²) in [6, 6.07) is 0. The lowest BCUT2D eigenvalue weighted by Gasteiger charge is -2.25. The van der Waals surface area contributed by atoms with Crippen molar-refractivity contribution in [1.82, 2.24) is 9.97 Å². The van der Waals surface area contributed by atoms with Gasteiger partial charge < -0.3 is 15.8 Å². The second-order valence-corrected chi connectivity index (χ2v) is 5.09. The summed E-state index contributed by atoms with van der Waals surface area (Å²) in [4.78, 5) is 7.86. The molecule has 1 rings (SSSR count). The fourth-order valence-electron chi connectivity index (χ4n) is 1.29. The normalized spacial score (nSPS) is 11.5. The van der Waals surface area contributed by atoms with Gasteiger partial charge in [0.2, 0.25) is 5.95 Å². The molecule has 0 aliphatic carbocycles. The van der Waals surface area contributed by atoms with E-state index in [2.05, 4.69) is 29.1 Å². The van der Waals surface area contributed by atoms with E-state index >= 15 is 0 Å². The molecule has 1 aromatic rings. The van der Waals surface area contributed by atoms with Crippen molar-refractivity contribution in [1.29, 1.82) is 0 Å². The number of halogens is 1. The van der Waals surface area contributed by atoms with Gasteiger partial charge in [-0.25, -0.2) is 4.98 Å². The number of hydrogen-bond donors (Lipinski definition) is 2. The molecule has 1 heterocycles. The summed E-state index contributed by atoms with van der Waals surface area (Å²) < 4.78 is 5.07. The standard InChI is InChI=1S/C11H19ClN4O/c1-11(2,4-5-17-3)7-15-9-8(12)6-14-10(13)16-9/h6H,4-5,7H2,1-3H3,(H3,13,14,15,16). The molecule has 6 heteroatoms. The van der Waals surface area contributed by atoms with Crippen LogP contribution in [0, 0.1) is 5.41 Å². The van der Waals surface area contributed by atoms with E-state index in [0.717, 1.165) is 19.6 Å². The van der Waals surface area contributed by atoms with Crippen LogP contribution >= 0.6 is 11.6 Å². The lowest BCUT2D eigenvalue weighted by molar-refractivity contribution is 0.157. The predicted molar refractivity (Wildman–Crippen MR) is 70.2 cm³/mol. The molecule has 0 bridgehead atoms. The topological polar surface area (TPSA) is 73.1 Å². The molecule has 0 spiro atoms. The Bertz CT molecular complexity index is 370. The minimum Gasteiger partial charge on any atom is -0.385 e. The SMILES string of the molecule is COCCC(C)(C)CNc1nc(N)ncc1Cl. The first-order valence-corrected chi connectivity index (χ1v) is 5.83. The number of rotatable bonds is 6. The van der Waals surface area contributed by atoms with Crippen LogP contribution in [0.15, 0.2) is 6.20 Å². The first kappa shape index (κ1) is 14.0. The van der Waals surface area contributed by atoms with Gasteiger partial charge in [-0.2, -0.15) is 4.98 Å². The van der Waals surface area contributed by atoms with Crippen molar-refractivity contribution >= 4 is 23.4 Å². The molecule has 5 nitrogen and oxygen atoms in total. The van der Waals surface area contributed by atoms with Crippen molar-refractivity contribution < 1.29 is 4.74 Å². The fourth-order valence-corrected chi connectivity index (χ4v) is 1.45. The van der Waals surface area contributed by atoms with E-state index in [4.69, 9.17) is 22.1 Å². The summed E-state index contributed by atoms with van der Waals surface area (Å²) >= 11 is 5.96. The Morgan fingerprint density at radius 1 is 1.53 bits per heavy atom. The van der Waals surface area contributed by atoms with Crippen LogP contribution in [0.5, 0.6) is 0 Å². The number of aromatic nitrogens is 2. The van der Waals surface area contributed by atoms with E-state index in [1.807, 2.05) is 0 Å². The number of nitrogens with zero attached hydrogens (tertiary/aromatic N) is 2. The van der Waals surface area contributed by atoms with Gasteiger partial charge in [-0.3, -0.25) is 0 Å². The van der Waals surface area contributed by atoms with Gasteiger partial charge in [0, 0.05) is 20.3 Å². The first-order valence-electron chi connectivity index (χ1n) is 5.45. The molecule has 0 saturated heterocycles. The van der Waals surface area contributed by atoms with E-state index in [1.165, 1.54) is 6.20 Å². The van der Waals surface area contributed by atoms with E-state index < -0.39 is 0 Å². The summed E-state index contributed by atoms with van der Waals surface area (Å²) in [6.45, 7) is 5.77. The molecule has 96 valence electrons. The first-order chi connectivity index (χ1) is 7.94. The monoisotopic (exact) mass is 258 g/mol. The van der Waals surface area contributed by atoms with Crippen LogP contribution in [-0.4, -0.2) is 30.2 Å². The van der Waals surface area contributed by atoms with Crippen LogP contribution in [0.4, 0.5) is 11.8 Å². The highest BCUT2D eigenvalue weighted by atomic mass is 35.5. The zero-order valence-corrected chi connectivity index (χ0v) is 11.2. The van der Waals surface area contributed by atoms with Gasteiger partial charge in [-0.1, -0.05) is 25.4 Å². The molecular weight excluding hydrogens is 240 g/mol. The van der Waals surface area contributed by atoms with E-state index in [0.29, 0.717) is 10.8 Å². The van der Waals surface area contributed by atoms with Crippen molar-refractivity contribution in [3.63, 3.8) is 0 Å². The third-order valence-electron chi connectivity index (χ3n) is 2.48. The second kappa shape index (κ2) is 6.02. The van der Waals surface area contributed by atoms with Crippen molar-refractivity contribution in [2.24, 2.45) is 5.41 Å². The fraction of sp³-hybridized carbons (Fsp3) is 0.636. The maximum absolute atomic E-state index is 5.96.